The zero-order valence-electron chi connectivity index (χ0n) is 9.20. The van der Waals surface area contributed by atoms with Gasteiger partial charge in [0.1, 0.15) is 0 Å². The molecule has 0 aliphatic carbocycles. The van der Waals surface area contributed by atoms with Crippen molar-refractivity contribution in [3.63, 3.8) is 0 Å². The predicted molar refractivity (Wildman–Crippen MR) is 56.6 cm³/mol. The van der Waals surface area contributed by atoms with E-state index in [1.165, 1.54) is 0 Å². The second-order valence-electron chi connectivity index (χ2n) is 4.33. The maximum absolute atomic E-state index is 9.12. The van der Waals surface area contributed by atoms with Crippen LogP contribution in [0.4, 0.5) is 0 Å². The largest absolute Gasteiger partial charge is 0.364 e. The van der Waals surface area contributed by atoms with Gasteiger partial charge in [0.15, 0.2) is 0 Å². The fourth-order valence-electron chi connectivity index (χ4n) is 1.89. The Morgan fingerprint density at radius 2 is 2.14 bits per heavy atom. The lowest BCUT2D eigenvalue weighted by Gasteiger charge is -2.32. The Bertz CT molecular complexity index is 317. The molecule has 76 valence electrons. The van der Waals surface area contributed by atoms with E-state index in [9.17, 15) is 0 Å². The molecule has 0 aliphatic heterocycles. The van der Waals surface area contributed by atoms with Gasteiger partial charge in [0.2, 0.25) is 0 Å². The first-order valence-electron chi connectivity index (χ1n) is 4.70. The fourth-order valence-corrected chi connectivity index (χ4v) is 1.89. The maximum Gasteiger partial charge on any atom is 0.0728 e. The predicted octanol–water partition coefficient (Wildman–Crippen LogP) is 2.17. The highest BCUT2D eigenvalue weighted by Crippen LogP contribution is 2.35. The number of nitrogens with zero attached hydrogens (tertiary/aromatic N) is 2. The monoisotopic (exact) mass is 191 g/mol. The minimum absolute atomic E-state index is 0.0995. The van der Waals surface area contributed by atoms with Gasteiger partial charge in [-0.3, -0.25) is 4.90 Å². The van der Waals surface area contributed by atoms with E-state index in [1.54, 1.807) is 0 Å². The van der Waals surface area contributed by atoms with Crippen LogP contribution in [0.1, 0.15) is 25.6 Å². The Balaban J connectivity index is 3.05. The molecular weight excluding hydrogens is 174 g/mol. The van der Waals surface area contributed by atoms with Crippen molar-refractivity contribution in [1.82, 2.24) is 9.88 Å². The van der Waals surface area contributed by atoms with Crippen LogP contribution in [-0.4, -0.2) is 24.0 Å². The summed E-state index contributed by atoms with van der Waals surface area (Å²) < 4.78 is 0. The molecule has 1 unspecified atom stereocenters. The third kappa shape index (κ3) is 1.97. The Labute approximate surface area is 85.3 Å². The molecule has 0 fully saturated rings. The Hall–Kier alpha value is -1.27. The summed E-state index contributed by atoms with van der Waals surface area (Å²) in [6.45, 7) is 3.91. The summed E-state index contributed by atoms with van der Waals surface area (Å²) in [5.74, 6) is 0. The second-order valence-corrected chi connectivity index (χ2v) is 4.33. The second kappa shape index (κ2) is 3.85. The molecule has 0 aromatic carbocycles. The number of nitriles is 1. The molecule has 0 bridgehead atoms. The quantitative estimate of drug-likeness (QED) is 0.795. The fraction of sp³-hybridized carbons (Fsp3) is 0.545. The van der Waals surface area contributed by atoms with Crippen LogP contribution >= 0.6 is 0 Å². The Morgan fingerprint density at radius 1 is 1.50 bits per heavy atom. The molecule has 1 aromatic rings. The van der Waals surface area contributed by atoms with Crippen molar-refractivity contribution in [3.05, 3.63) is 24.0 Å². The first kappa shape index (κ1) is 10.8. The van der Waals surface area contributed by atoms with E-state index in [-0.39, 0.29) is 6.04 Å². The van der Waals surface area contributed by atoms with Crippen molar-refractivity contribution >= 4 is 0 Å². The molecule has 0 radical (unpaired) electrons. The van der Waals surface area contributed by atoms with Crippen molar-refractivity contribution in [3.8, 4) is 6.07 Å². The van der Waals surface area contributed by atoms with Crippen LogP contribution in [0.2, 0.25) is 0 Å². The highest BCUT2D eigenvalue weighted by Gasteiger charge is 2.33. The summed E-state index contributed by atoms with van der Waals surface area (Å²) in [4.78, 5) is 5.23. The molecule has 1 rings (SSSR count). The molecule has 3 nitrogen and oxygen atoms in total. The van der Waals surface area contributed by atoms with Gasteiger partial charge < -0.3 is 4.98 Å². The summed E-state index contributed by atoms with van der Waals surface area (Å²) >= 11 is 0. The lowest BCUT2D eigenvalue weighted by atomic mass is 9.83. The van der Waals surface area contributed by atoms with Crippen LogP contribution in [0.15, 0.2) is 18.3 Å². The van der Waals surface area contributed by atoms with Crippen LogP contribution in [0, 0.1) is 16.7 Å². The minimum Gasteiger partial charge on any atom is -0.364 e. The van der Waals surface area contributed by atoms with Crippen molar-refractivity contribution in [2.24, 2.45) is 5.41 Å². The lowest BCUT2D eigenvalue weighted by molar-refractivity contribution is 0.181. The van der Waals surface area contributed by atoms with E-state index in [0.717, 1.165) is 5.69 Å². The zero-order chi connectivity index (χ0) is 10.8. The molecule has 3 heteroatoms. The molecule has 1 N–H and O–H groups in total. The molecule has 0 spiro atoms. The van der Waals surface area contributed by atoms with E-state index >= 15 is 0 Å². The van der Waals surface area contributed by atoms with Crippen molar-refractivity contribution in [1.29, 1.82) is 5.26 Å². The number of nitrogens with one attached hydrogen (secondary N) is 1. The van der Waals surface area contributed by atoms with Gasteiger partial charge in [-0.1, -0.05) is 0 Å². The molecule has 0 aliphatic rings. The number of aromatic amines is 1. The molecule has 1 heterocycles. The number of rotatable bonds is 3. The first-order chi connectivity index (χ1) is 6.49. The van der Waals surface area contributed by atoms with Crippen LogP contribution in [0.3, 0.4) is 0 Å². The van der Waals surface area contributed by atoms with E-state index < -0.39 is 5.41 Å². The van der Waals surface area contributed by atoms with Crippen LogP contribution in [0.5, 0.6) is 0 Å². The van der Waals surface area contributed by atoms with Gasteiger partial charge in [-0.2, -0.15) is 5.26 Å². The van der Waals surface area contributed by atoms with E-state index in [1.807, 2.05) is 46.3 Å². The van der Waals surface area contributed by atoms with Gasteiger partial charge in [-0.15, -0.1) is 0 Å². The molecular formula is C11H17N3. The molecule has 14 heavy (non-hydrogen) atoms. The maximum atomic E-state index is 9.12. The summed E-state index contributed by atoms with van der Waals surface area (Å²) in [5, 5.41) is 9.12. The highest BCUT2D eigenvalue weighted by atomic mass is 15.1. The molecule has 1 atom stereocenters. The molecule has 1 aromatic heterocycles. The number of H-pyrrole nitrogens is 1. The van der Waals surface area contributed by atoms with Gasteiger partial charge in [0.05, 0.1) is 17.5 Å². The average Bonchev–Trinajstić information content (AvgIpc) is 2.56. The Kier molecular flexibility index (Phi) is 2.97. The van der Waals surface area contributed by atoms with Crippen molar-refractivity contribution < 1.29 is 0 Å². The number of hydrogen-bond acceptors (Lipinski definition) is 2. The van der Waals surface area contributed by atoms with Gasteiger partial charge in [0.25, 0.3) is 0 Å². The SMILES string of the molecule is CN(C)C(c1ccc[nH]1)C(C)(C)C#N. The average molecular weight is 191 g/mol. The molecule has 0 saturated heterocycles. The number of aromatic nitrogens is 1. The summed E-state index contributed by atoms with van der Waals surface area (Å²) in [7, 11) is 3.98. The topological polar surface area (TPSA) is 42.8 Å². The van der Waals surface area contributed by atoms with E-state index in [4.69, 9.17) is 5.26 Å². The summed E-state index contributed by atoms with van der Waals surface area (Å²) in [6, 6.07) is 6.42. The molecule has 0 saturated carbocycles. The summed E-state index contributed by atoms with van der Waals surface area (Å²) in [6.07, 6.45) is 1.89. The van der Waals surface area contributed by atoms with Crippen LogP contribution < -0.4 is 0 Å². The smallest absolute Gasteiger partial charge is 0.0728 e. The number of hydrogen-bond donors (Lipinski definition) is 1. The van der Waals surface area contributed by atoms with Crippen LogP contribution in [-0.2, 0) is 0 Å². The van der Waals surface area contributed by atoms with Gasteiger partial charge in [-0.05, 0) is 40.1 Å². The van der Waals surface area contributed by atoms with Gasteiger partial charge in [0, 0.05) is 11.9 Å². The third-order valence-electron chi connectivity index (χ3n) is 2.40. The van der Waals surface area contributed by atoms with E-state index in [2.05, 4.69) is 16.0 Å². The van der Waals surface area contributed by atoms with Crippen molar-refractivity contribution in [2.45, 2.75) is 19.9 Å². The van der Waals surface area contributed by atoms with Gasteiger partial charge in [-0.25, -0.2) is 0 Å². The van der Waals surface area contributed by atoms with Gasteiger partial charge >= 0.3 is 0 Å². The zero-order valence-corrected chi connectivity index (χ0v) is 9.20. The normalized spacial score (nSPS) is 14.0. The first-order valence-corrected chi connectivity index (χ1v) is 4.70. The lowest BCUT2D eigenvalue weighted by Crippen LogP contribution is -2.32. The standard InChI is InChI=1S/C11H17N3/c1-11(2,8-12)10(14(3)4)9-6-5-7-13-9/h5-7,10,13H,1-4H3. The molecule has 0 amide bonds. The summed E-state index contributed by atoms with van der Waals surface area (Å²) in [5.41, 5.74) is 0.690. The Morgan fingerprint density at radius 3 is 2.50 bits per heavy atom. The van der Waals surface area contributed by atoms with Crippen molar-refractivity contribution in [2.75, 3.05) is 14.1 Å². The van der Waals surface area contributed by atoms with Crippen LogP contribution in [0.25, 0.3) is 0 Å². The highest BCUT2D eigenvalue weighted by molar-refractivity contribution is 5.16. The third-order valence-corrected chi connectivity index (χ3v) is 2.40. The minimum atomic E-state index is -0.394. The van der Waals surface area contributed by atoms with E-state index in [0.29, 0.717) is 0 Å².